The lowest BCUT2D eigenvalue weighted by Gasteiger charge is -2.16. The predicted molar refractivity (Wildman–Crippen MR) is 147 cm³/mol. The number of carboxylic acid groups (broad SMARTS) is 4. The topological polar surface area (TPSA) is 347 Å². The standard InChI is InChI=1S/C10H16N4O7S.C10H17N3O6S/c11-5(10(19)20)1-2-7(15)13-6(4-22-14-21)9(18)12-3-8(16)17;11-5(10(18)19)1-2-7(14)13-6(4-20)9(17)12-3-8(15)16/h5-6H,1-4,11H2,(H,12,18)(H,13,15)(H,16,17)(H,19,20);5-6,20H,1-4,11H2,(H,12,17)(H,13,14)(H,15,16)(H,18,19). The number of amides is 4. The van der Waals surface area contributed by atoms with E-state index in [0.717, 1.165) is 0 Å². The Labute approximate surface area is 247 Å². The summed E-state index contributed by atoms with van der Waals surface area (Å²) in [6, 6.07) is -4.53. The summed E-state index contributed by atoms with van der Waals surface area (Å²) in [5, 5.41) is 42.7. The number of nitrogens with one attached hydrogen (secondary N) is 4. The molecule has 0 fully saturated rings. The van der Waals surface area contributed by atoms with E-state index in [1.54, 1.807) is 0 Å². The van der Waals surface area contributed by atoms with Gasteiger partial charge in [0, 0.05) is 40.9 Å². The first-order valence-corrected chi connectivity index (χ1v) is 13.2. The molecule has 0 aromatic rings. The van der Waals surface area contributed by atoms with Crippen LogP contribution in [0.15, 0.2) is 4.58 Å². The number of hydrogen-bond donors (Lipinski definition) is 11. The summed E-state index contributed by atoms with van der Waals surface area (Å²) in [7, 11) is 0. The van der Waals surface area contributed by atoms with Gasteiger partial charge in [0.25, 0.3) is 0 Å². The third-order valence-corrected chi connectivity index (χ3v) is 5.56. The van der Waals surface area contributed by atoms with Gasteiger partial charge in [0.15, 0.2) is 0 Å². The highest BCUT2D eigenvalue weighted by molar-refractivity contribution is 7.97. The molecule has 0 rings (SSSR count). The number of aliphatic carboxylic acids is 4. The van der Waals surface area contributed by atoms with Crippen LogP contribution in [0, 0.1) is 4.91 Å². The Morgan fingerprint density at radius 1 is 0.714 bits per heavy atom. The van der Waals surface area contributed by atoms with Crippen LogP contribution < -0.4 is 32.7 Å². The van der Waals surface area contributed by atoms with Gasteiger partial charge in [-0.05, 0) is 12.8 Å². The second-order valence-corrected chi connectivity index (χ2v) is 9.09. The average molecular weight is 644 g/mol. The van der Waals surface area contributed by atoms with Gasteiger partial charge in [0.1, 0.15) is 37.3 Å². The molecule has 238 valence electrons. The van der Waals surface area contributed by atoms with Crippen LogP contribution in [0.4, 0.5) is 0 Å². The van der Waals surface area contributed by atoms with Gasteiger partial charge in [0.05, 0.1) is 0 Å². The number of carboxylic acids is 4. The summed E-state index contributed by atoms with van der Waals surface area (Å²) in [4.78, 5) is 98.0. The van der Waals surface area contributed by atoms with E-state index in [1.807, 2.05) is 0 Å². The molecular formula is C20H33N7O13S2. The van der Waals surface area contributed by atoms with Gasteiger partial charge >= 0.3 is 23.9 Å². The third kappa shape index (κ3) is 20.8. The van der Waals surface area contributed by atoms with E-state index < -0.39 is 84.8 Å². The summed E-state index contributed by atoms with van der Waals surface area (Å²) in [6.45, 7) is -1.21. The molecule has 0 radical (unpaired) electrons. The number of carbonyl (C=O) groups is 8. The van der Waals surface area contributed by atoms with E-state index in [4.69, 9.17) is 31.9 Å². The number of thiol groups is 1. The lowest BCUT2D eigenvalue weighted by molar-refractivity contribution is -0.140. The van der Waals surface area contributed by atoms with Gasteiger partial charge < -0.3 is 53.2 Å². The highest BCUT2D eigenvalue weighted by Crippen LogP contribution is 2.05. The van der Waals surface area contributed by atoms with Crippen molar-refractivity contribution < 1.29 is 58.8 Å². The molecule has 0 aliphatic heterocycles. The molecule has 0 aromatic heterocycles. The van der Waals surface area contributed by atoms with Gasteiger partial charge in [-0.3, -0.25) is 38.4 Å². The minimum atomic E-state index is -1.27. The zero-order valence-electron chi connectivity index (χ0n) is 21.9. The first kappa shape index (κ1) is 40.1. The van der Waals surface area contributed by atoms with Crippen LogP contribution >= 0.6 is 24.6 Å². The molecule has 42 heavy (non-hydrogen) atoms. The monoisotopic (exact) mass is 643 g/mol. The second kappa shape index (κ2) is 22.6. The number of rotatable bonds is 20. The molecule has 0 heterocycles. The summed E-state index contributed by atoms with van der Waals surface area (Å²) in [5.41, 5.74) is 10.5. The van der Waals surface area contributed by atoms with Crippen molar-refractivity contribution in [3.05, 3.63) is 4.91 Å². The quantitative estimate of drug-likeness (QED) is 0.0343. The summed E-state index contributed by atoms with van der Waals surface area (Å²) >= 11 is 4.35. The predicted octanol–water partition coefficient (Wildman–Crippen LogP) is -3.93. The first-order valence-electron chi connectivity index (χ1n) is 11.7. The van der Waals surface area contributed by atoms with Crippen molar-refractivity contribution in [2.75, 3.05) is 24.6 Å². The summed E-state index contributed by atoms with van der Waals surface area (Å²) < 4.78 is 2.48. The van der Waals surface area contributed by atoms with Crippen LogP contribution in [0.5, 0.6) is 0 Å². The summed E-state index contributed by atoms with van der Waals surface area (Å²) in [6.07, 6.45) is -0.611. The number of carbonyl (C=O) groups excluding carboxylic acids is 4. The molecule has 0 spiro atoms. The molecule has 0 aromatic carbocycles. The maximum atomic E-state index is 11.7. The molecular weight excluding hydrogens is 610 g/mol. The molecule has 0 aliphatic rings. The molecule has 4 atom stereocenters. The van der Waals surface area contributed by atoms with Gasteiger partial charge in [-0.15, -0.1) is 4.91 Å². The van der Waals surface area contributed by atoms with Crippen molar-refractivity contribution in [2.24, 2.45) is 16.0 Å². The highest BCUT2D eigenvalue weighted by Gasteiger charge is 2.23. The maximum absolute atomic E-state index is 11.7. The molecule has 22 heteroatoms. The second-order valence-electron chi connectivity index (χ2n) is 7.98. The van der Waals surface area contributed by atoms with Crippen LogP contribution in [-0.2, 0) is 38.4 Å². The minimum absolute atomic E-state index is 0.0256. The van der Waals surface area contributed by atoms with E-state index in [1.165, 1.54) is 0 Å². The van der Waals surface area contributed by atoms with Gasteiger partial charge in [-0.1, -0.05) is 0 Å². The van der Waals surface area contributed by atoms with E-state index in [9.17, 15) is 43.3 Å². The smallest absolute Gasteiger partial charge is 0.322 e. The van der Waals surface area contributed by atoms with Crippen molar-refractivity contribution in [3.8, 4) is 0 Å². The van der Waals surface area contributed by atoms with Crippen LogP contribution in [0.3, 0.4) is 0 Å². The Hall–Kier alpha value is -4.02. The fourth-order valence-corrected chi connectivity index (χ4v) is 3.11. The van der Waals surface area contributed by atoms with Gasteiger partial charge in [-0.2, -0.15) is 12.6 Å². The molecule has 0 aliphatic carbocycles. The van der Waals surface area contributed by atoms with Gasteiger partial charge in [0.2, 0.25) is 23.6 Å². The Morgan fingerprint density at radius 3 is 1.43 bits per heavy atom. The highest BCUT2D eigenvalue weighted by atomic mass is 32.2. The Bertz CT molecular complexity index is 986. The SMILES string of the molecule is NC(CCC(=O)NC(CS)C(=O)NCC(=O)O)C(=O)O.NC(CCC(=O)NC(CSN=O)C(=O)NCC(=O)O)C(=O)O. The molecule has 20 nitrogen and oxygen atoms in total. The zero-order valence-corrected chi connectivity index (χ0v) is 23.6. The van der Waals surface area contributed by atoms with Crippen LogP contribution in [0.25, 0.3) is 0 Å². The summed E-state index contributed by atoms with van der Waals surface area (Å²) in [5.74, 6) is -7.87. The lowest BCUT2D eigenvalue weighted by atomic mass is 10.1. The number of nitrogens with zero attached hydrogens (tertiary/aromatic N) is 1. The Balaban J connectivity index is 0. The molecule has 4 amide bonds. The van der Waals surface area contributed by atoms with Gasteiger partial charge in [-0.25, -0.2) is 0 Å². The minimum Gasteiger partial charge on any atom is -0.480 e. The molecule has 0 bridgehead atoms. The first-order chi connectivity index (χ1) is 19.5. The van der Waals surface area contributed by atoms with Crippen LogP contribution in [0.2, 0.25) is 0 Å². The normalized spacial score (nSPS) is 12.9. The third-order valence-electron chi connectivity index (χ3n) is 4.61. The van der Waals surface area contributed by atoms with Crippen LogP contribution in [0.1, 0.15) is 25.7 Å². The maximum Gasteiger partial charge on any atom is 0.322 e. The van der Waals surface area contributed by atoms with Crippen molar-refractivity contribution >= 4 is 72.1 Å². The fraction of sp³-hybridized carbons (Fsp3) is 0.600. The molecule has 4 unspecified atom stereocenters. The molecule has 0 saturated heterocycles. The Kier molecular flexibility index (Phi) is 21.6. The Morgan fingerprint density at radius 2 is 1.10 bits per heavy atom. The largest absolute Gasteiger partial charge is 0.480 e. The lowest BCUT2D eigenvalue weighted by Crippen LogP contribution is -2.49. The number of nitrogens with two attached hydrogens (primary N) is 2. The molecule has 12 N–H and O–H groups in total. The van der Waals surface area contributed by atoms with Crippen molar-refractivity contribution in [2.45, 2.75) is 49.9 Å². The van der Waals surface area contributed by atoms with Crippen LogP contribution in [-0.4, -0.2) is 117 Å². The van der Waals surface area contributed by atoms with Crippen molar-refractivity contribution in [1.82, 2.24) is 21.3 Å². The average Bonchev–Trinajstić information content (AvgIpc) is 2.92. The fourth-order valence-electron chi connectivity index (χ4n) is 2.41. The van der Waals surface area contributed by atoms with Crippen molar-refractivity contribution in [3.63, 3.8) is 0 Å². The number of hydrogen-bond acceptors (Lipinski definition) is 14. The number of nitroso groups, excluding NO2 is 1. The van der Waals surface area contributed by atoms with Crippen molar-refractivity contribution in [1.29, 1.82) is 0 Å². The van der Waals surface area contributed by atoms with E-state index >= 15 is 0 Å². The van der Waals surface area contributed by atoms with E-state index in [-0.39, 0.29) is 37.2 Å². The van der Waals surface area contributed by atoms with E-state index in [0.29, 0.717) is 11.9 Å². The molecule has 0 saturated carbocycles. The zero-order chi connectivity index (χ0) is 32.8. The van der Waals surface area contributed by atoms with E-state index in [2.05, 4.69) is 38.5 Å².